The number of aromatic carboxylic acids is 1. The Morgan fingerprint density at radius 1 is 1.36 bits per heavy atom. The Labute approximate surface area is 171 Å². The van der Waals surface area contributed by atoms with E-state index in [0.29, 0.717) is 5.56 Å². The molecular formula is C19H13BrFN3O3S. The van der Waals surface area contributed by atoms with Crippen LogP contribution in [0.3, 0.4) is 0 Å². The summed E-state index contributed by atoms with van der Waals surface area (Å²) in [6.07, 6.45) is 3.25. The first kappa shape index (κ1) is 18.8. The molecule has 0 amide bonds. The van der Waals surface area contributed by atoms with Gasteiger partial charge >= 0.3 is 5.97 Å². The Bertz CT molecular complexity index is 1120. The number of fused-ring (bicyclic) bond motifs is 1. The zero-order valence-corrected chi connectivity index (χ0v) is 16.7. The Morgan fingerprint density at radius 3 is 2.82 bits per heavy atom. The molecule has 0 unspecified atom stereocenters. The zero-order chi connectivity index (χ0) is 19.8. The van der Waals surface area contributed by atoms with Crippen LogP contribution in [0.1, 0.15) is 34.7 Å². The molecule has 1 aromatic heterocycles. The van der Waals surface area contributed by atoms with Crippen molar-refractivity contribution in [1.82, 2.24) is 4.98 Å². The van der Waals surface area contributed by atoms with Crippen molar-refractivity contribution in [2.75, 3.05) is 4.72 Å². The van der Waals surface area contributed by atoms with Crippen LogP contribution in [0.2, 0.25) is 0 Å². The number of pyridine rings is 1. The van der Waals surface area contributed by atoms with Crippen molar-refractivity contribution >= 4 is 56.1 Å². The fraction of sp³-hybridized carbons (Fsp3) is 0.158. The maximum atomic E-state index is 14.6. The average Bonchev–Trinajstić information content (AvgIpc) is 3.50. The number of nitrogens with zero attached hydrogens (tertiary/aromatic N) is 2. The Hall–Kier alpha value is -2.52. The maximum Gasteiger partial charge on any atom is 0.341 e. The molecule has 1 aliphatic carbocycles. The van der Waals surface area contributed by atoms with E-state index in [2.05, 4.69) is 30.8 Å². The Kier molecular flexibility index (Phi) is 5.03. The second kappa shape index (κ2) is 7.48. The number of aromatic nitrogens is 1. The van der Waals surface area contributed by atoms with Crippen LogP contribution in [0.5, 0.6) is 0 Å². The summed E-state index contributed by atoms with van der Waals surface area (Å²) in [7, 11) is 0. The number of rotatable bonds is 6. The number of carbonyl (C=O) groups is 1. The van der Waals surface area contributed by atoms with Crippen LogP contribution >= 0.6 is 27.9 Å². The van der Waals surface area contributed by atoms with Gasteiger partial charge < -0.3 is 9.83 Å². The first-order valence-corrected chi connectivity index (χ1v) is 10.0. The predicted octanol–water partition coefficient (Wildman–Crippen LogP) is 6.23. The lowest BCUT2D eigenvalue weighted by molar-refractivity contribution is 0.0692. The standard InChI is InChI=1S/C19H13BrFN3O3S/c20-11-6-10-2-1-5-22-17(10)14(7-11)28-24-13-8-12(9-3-4-9)16(21)15(19(25)26)18(13)23-27/h1-2,5-9,24H,3-4H2,(H,25,26). The van der Waals surface area contributed by atoms with Crippen LogP contribution in [0.25, 0.3) is 10.9 Å². The van der Waals surface area contributed by atoms with Crippen LogP contribution in [-0.2, 0) is 0 Å². The molecule has 1 aliphatic rings. The number of hydrogen-bond donors (Lipinski definition) is 2. The van der Waals surface area contributed by atoms with E-state index in [1.54, 1.807) is 6.20 Å². The van der Waals surface area contributed by atoms with Gasteiger partial charge in [0.15, 0.2) is 0 Å². The van der Waals surface area contributed by atoms with Gasteiger partial charge in [0.2, 0.25) is 0 Å². The predicted molar refractivity (Wildman–Crippen MR) is 110 cm³/mol. The van der Waals surface area contributed by atoms with Crippen molar-refractivity contribution in [1.29, 1.82) is 0 Å². The molecule has 1 fully saturated rings. The van der Waals surface area contributed by atoms with E-state index in [9.17, 15) is 19.2 Å². The summed E-state index contributed by atoms with van der Waals surface area (Å²) in [5.74, 6) is -2.43. The number of benzene rings is 2. The smallest absolute Gasteiger partial charge is 0.341 e. The van der Waals surface area contributed by atoms with E-state index in [4.69, 9.17) is 0 Å². The minimum absolute atomic E-state index is 0.0299. The van der Waals surface area contributed by atoms with E-state index in [1.807, 2.05) is 24.3 Å². The molecule has 3 aromatic rings. The third-order valence-electron chi connectivity index (χ3n) is 4.49. The molecule has 2 N–H and O–H groups in total. The first-order chi connectivity index (χ1) is 13.5. The van der Waals surface area contributed by atoms with Gasteiger partial charge in [-0.1, -0.05) is 22.0 Å². The minimum Gasteiger partial charge on any atom is -0.478 e. The van der Waals surface area contributed by atoms with Crippen LogP contribution < -0.4 is 4.72 Å². The third kappa shape index (κ3) is 3.47. The lowest BCUT2D eigenvalue weighted by Crippen LogP contribution is -2.06. The lowest BCUT2D eigenvalue weighted by atomic mass is 10.0. The number of nitrogens with one attached hydrogen (secondary N) is 1. The zero-order valence-electron chi connectivity index (χ0n) is 14.3. The number of halogens is 2. The molecule has 142 valence electrons. The summed E-state index contributed by atoms with van der Waals surface area (Å²) in [5.41, 5.74) is 0.0653. The van der Waals surface area contributed by atoms with Gasteiger partial charge in [0, 0.05) is 16.1 Å². The molecule has 6 nitrogen and oxygen atoms in total. The van der Waals surface area contributed by atoms with Crippen molar-refractivity contribution in [3.8, 4) is 0 Å². The second-order valence-corrected chi connectivity index (χ2v) is 8.17. The fourth-order valence-corrected chi connectivity index (χ4v) is 4.50. The summed E-state index contributed by atoms with van der Waals surface area (Å²) >= 11 is 4.61. The van der Waals surface area contributed by atoms with Gasteiger partial charge in [-0.2, -0.15) is 0 Å². The molecule has 28 heavy (non-hydrogen) atoms. The number of anilines is 1. The highest BCUT2D eigenvalue weighted by Gasteiger charge is 2.32. The highest BCUT2D eigenvalue weighted by atomic mass is 79.9. The van der Waals surface area contributed by atoms with Crippen molar-refractivity contribution in [2.45, 2.75) is 23.7 Å². The molecule has 9 heteroatoms. The van der Waals surface area contributed by atoms with Gasteiger partial charge in [-0.25, -0.2) is 9.18 Å². The molecule has 0 atom stereocenters. The SMILES string of the molecule is O=Nc1c(NSc2cc(Br)cc3cccnc23)cc(C2CC2)c(F)c1C(=O)O. The van der Waals surface area contributed by atoms with Crippen molar-refractivity contribution in [3.05, 3.63) is 62.9 Å². The van der Waals surface area contributed by atoms with Crippen molar-refractivity contribution in [2.24, 2.45) is 5.18 Å². The first-order valence-electron chi connectivity index (χ1n) is 8.39. The highest BCUT2D eigenvalue weighted by molar-refractivity contribution is 9.10. The third-order valence-corrected chi connectivity index (χ3v) is 5.80. The monoisotopic (exact) mass is 461 g/mol. The second-order valence-electron chi connectivity index (χ2n) is 6.40. The Morgan fingerprint density at radius 2 is 2.14 bits per heavy atom. The van der Waals surface area contributed by atoms with E-state index in [1.165, 1.54) is 6.07 Å². The molecule has 0 aliphatic heterocycles. The minimum atomic E-state index is -1.52. The van der Waals surface area contributed by atoms with Gasteiger partial charge in [-0.15, -0.1) is 4.91 Å². The molecule has 0 saturated heterocycles. The average molecular weight is 462 g/mol. The molecule has 1 heterocycles. The van der Waals surface area contributed by atoms with E-state index in [-0.39, 0.29) is 11.6 Å². The highest BCUT2D eigenvalue weighted by Crippen LogP contribution is 2.46. The Balaban J connectivity index is 1.76. The molecule has 1 saturated carbocycles. The normalized spacial score (nSPS) is 13.5. The van der Waals surface area contributed by atoms with E-state index in [0.717, 1.165) is 45.1 Å². The quantitative estimate of drug-likeness (QED) is 0.333. The topological polar surface area (TPSA) is 91.7 Å². The summed E-state index contributed by atoms with van der Waals surface area (Å²) in [6, 6.07) is 9.00. The summed E-state index contributed by atoms with van der Waals surface area (Å²) in [5, 5.41) is 13.1. The summed E-state index contributed by atoms with van der Waals surface area (Å²) in [4.78, 5) is 28.0. The lowest BCUT2D eigenvalue weighted by Gasteiger charge is -2.14. The molecule has 0 spiro atoms. The molecule has 0 bridgehead atoms. The number of hydrogen-bond acceptors (Lipinski definition) is 6. The molecule has 2 aromatic carbocycles. The van der Waals surface area contributed by atoms with Gasteiger partial charge in [-0.05, 0) is 65.7 Å². The summed E-state index contributed by atoms with van der Waals surface area (Å²) in [6.45, 7) is 0. The number of nitroso groups, excluding NO2 is 1. The van der Waals surface area contributed by atoms with Gasteiger partial charge in [0.1, 0.15) is 17.1 Å². The van der Waals surface area contributed by atoms with E-state index < -0.39 is 23.0 Å². The van der Waals surface area contributed by atoms with E-state index >= 15 is 0 Å². The van der Waals surface area contributed by atoms with Gasteiger partial charge in [0.05, 0.1) is 16.1 Å². The van der Waals surface area contributed by atoms with Crippen LogP contribution in [0, 0.1) is 10.7 Å². The maximum absolute atomic E-state index is 14.6. The van der Waals surface area contributed by atoms with Crippen LogP contribution in [0.4, 0.5) is 15.8 Å². The largest absolute Gasteiger partial charge is 0.478 e. The van der Waals surface area contributed by atoms with Gasteiger partial charge in [-0.3, -0.25) is 4.98 Å². The van der Waals surface area contributed by atoms with Crippen molar-refractivity contribution in [3.63, 3.8) is 0 Å². The number of carboxylic acids is 1. The van der Waals surface area contributed by atoms with Crippen LogP contribution in [0.15, 0.2) is 51.1 Å². The summed E-state index contributed by atoms with van der Waals surface area (Å²) < 4.78 is 18.5. The fourth-order valence-electron chi connectivity index (χ4n) is 3.04. The molecular weight excluding hydrogens is 449 g/mol. The number of carboxylic acid groups (broad SMARTS) is 1. The molecule has 4 rings (SSSR count). The van der Waals surface area contributed by atoms with Crippen LogP contribution in [-0.4, -0.2) is 16.1 Å². The molecule has 0 radical (unpaired) electrons. The van der Waals surface area contributed by atoms with Gasteiger partial charge in [0.25, 0.3) is 0 Å². The van der Waals surface area contributed by atoms with Crippen molar-refractivity contribution < 1.29 is 14.3 Å².